The van der Waals surface area contributed by atoms with E-state index < -0.39 is 17.6 Å². The Kier molecular flexibility index (Phi) is 2.93. The second kappa shape index (κ2) is 4.25. The molecule has 88 valence electrons. The second-order valence-electron chi connectivity index (χ2n) is 3.10. The molecule has 0 aliphatic carbocycles. The van der Waals surface area contributed by atoms with Gasteiger partial charge in [0.1, 0.15) is 0 Å². The highest BCUT2D eigenvalue weighted by atomic mass is 79.9. The molecule has 4 nitrogen and oxygen atoms in total. The zero-order chi connectivity index (χ0) is 12.6. The van der Waals surface area contributed by atoms with Crippen LogP contribution in [0.3, 0.4) is 0 Å². The van der Waals surface area contributed by atoms with Gasteiger partial charge in [-0.25, -0.2) is 13.6 Å². The second-order valence-corrected chi connectivity index (χ2v) is 3.96. The lowest BCUT2D eigenvalue weighted by Crippen LogP contribution is -1.94. The van der Waals surface area contributed by atoms with Crippen molar-refractivity contribution in [2.75, 3.05) is 0 Å². The minimum absolute atomic E-state index is 0.0308. The number of carbonyl (C=O) groups is 1. The number of halogens is 3. The van der Waals surface area contributed by atoms with Gasteiger partial charge in [0.2, 0.25) is 0 Å². The molecular weight excluding hydrogens is 300 g/mol. The summed E-state index contributed by atoms with van der Waals surface area (Å²) in [5.74, 6) is -3.66. The number of carboxylic acids is 1. The number of aromatic carboxylic acids is 1. The van der Waals surface area contributed by atoms with Crippen LogP contribution >= 0.6 is 15.9 Å². The van der Waals surface area contributed by atoms with Crippen molar-refractivity contribution >= 4 is 21.9 Å². The fourth-order valence-electron chi connectivity index (χ4n) is 1.22. The summed E-state index contributed by atoms with van der Waals surface area (Å²) in [6.45, 7) is 0. The van der Waals surface area contributed by atoms with Crippen LogP contribution in [0.5, 0.6) is 0 Å². The van der Waals surface area contributed by atoms with E-state index in [1.54, 1.807) is 0 Å². The average molecular weight is 304 g/mol. The summed E-state index contributed by atoms with van der Waals surface area (Å²) < 4.78 is 31.4. The molecule has 0 saturated carbocycles. The van der Waals surface area contributed by atoms with Crippen LogP contribution in [0, 0.1) is 11.6 Å². The molecule has 7 heteroatoms. The maximum Gasteiger partial charge on any atom is 0.358 e. The minimum atomic E-state index is -1.31. The van der Waals surface area contributed by atoms with Gasteiger partial charge in [0.25, 0.3) is 0 Å². The van der Waals surface area contributed by atoms with Gasteiger partial charge in [0.15, 0.2) is 23.1 Å². The highest BCUT2D eigenvalue weighted by Crippen LogP contribution is 2.29. The number of rotatable bonds is 2. The Bertz CT molecular complexity index is 597. The lowest BCUT2D eigenvalue weighted by molar-refractivity contribution is 0.0686. The number of hydrogen-bond donors (Lipinski definition) is 1. The van der Waals surface area contributed by atoms with Gasteiger partial charge >= 0.3 is 5.97 Å². The molecule has 1 heterocycles. The van der Waals surface area contributed by atoms with Crippen molar-refractivity contribution in [1.82, 2.24) is 5.16 Å². The zero-order valence-corrected chi connectivity index (χ0v) is 9.66. The van der Waals surface area contributed by atoms with Gasteiger partial charge in [-0.1, -0.05) is 5.16 Å². The summed E-state index contributed by atoms with van der Waals surface area (Å²) in [5.41, 5.74) is -0.562. The molecule has 0 amide bonds. The van der Waals surface area contributed by atoms with E-state index in [0.29, 0.717) is 0 Å². The molecule has 0 radical (unpaired) electrons. The van der Waals surface area contributed by atoms with E-state index >= 15 is 0 Å². The smallest absolute Gasteiger partial charge is 0.358 e. The molecule has 0 aliphatic rings. The van der Waals surface area contributed by atoms with Gasteiger partial charge in [-0.2, -0.15) is 0 Å². The largest absolute Gasteiger partial charge is 0.476 e. The van der Waals surface area contributed by atoms with Crippen molar-refractivity contribution in [2.45, 2.75) is 0 Å². The molecule has 17 heavy (non-hydrogen) atoms. The van der Waals surface area contributed by atoms with E-state index in [0.717, 1.165) is 6.07 Å². The third-order valence-corrected chi connectivity index (χ3v) is 2.64. The Balaban J connectivity index is 2.53. The van der Waals surface area contributed by atoms with Gasteiger partial charge in [-0.3, -0.25) is 0 Å². The van der Waals surface area contributed by atoms with Crippen LogP contribution < -0.4 is 0 Å². The molecule has 0 unspecified atom stereocenters. The lowest BCUT2D eigenvalue weighted by atomic mass is 10.1. The highest BCUT2D eigenvalue weighted by molar-refractivity contribution is 9.10. The first-order valence-electron chi connectivity index (χ1n) is 4.34. The molecule has 1 N–H and O–H groups in total. The average Bonchev–Trinajstić information content (AvgIpc) is 2.75. The number of carboxylic acid groups (broad SMARTS) is 1. The number of benzene rings is 1. The van der Waals surface area contributed by atoms with Gasteiger partial charge in [-0.05, 0) is 28.1 Å². The summed E-state index contributed by atoms with van der Waals surface area (Å²) in [4.78, 5) is 10.6. The number of nitrogens with zero attached hydrogens (tertiary/aromatic N) is 1. The van der Waals surface area contributed by atoms with Crippen LogP contribution in [0.15, 0.2) is 27.2 Å². The SMILES string of the molecule is O=C(O)c1cc(-c2ccc(Br)c(F)c2F)on1. The first kappa shape index (κ1) is 11.7. The third-order valence-electron chi connectivity index (χ3n) is 2.03. The van der Waals surface area contributed by atoms with Crippen LogP contribution in [0.25, 0.3) is 11.3 Å². The number of aromatic nitrogens is 1. The normalized spacial score (nSPS) is 10.5. The molecule has 0 atom stereocenters. The molecular formula is C10H4BrF2NO3. The van der Waals surface area contributed by atoms with Crippen LogP contribution in [-0.2, 0) is 0 Å². The first-order chi connectivity index (χ1) is 8.00. The van der Waals surface area contributed by atoms with E-state index in [-0.39, 0.29) is 21.5 Å². The van der Waals surface area contributed by atoms with Crippen LogP contribution in [0.1, 0.15) is 10.5 Å². The summed E-state index contributed by atoms with van der Waals surface area (Å²) in [6.07, 6.45) is 0. The molecule has 0 spiro atoms. The van der Waals surface area contributed by atoms with Crippen LogP contribution in [0.2, 0.25) is 0 Å². The zero-order valence-electron chi connectivity index (χ0n) is 8.08. The topological polar surface area (TPSA) is 63.3 Å². The maximum atomic E-state index is 13.5. The van der Waals surface area contributed by atoms with Crippen molar-refractivity contribution < 1.29 is 23.2 Å². The Hall–Kier alpha value is -1.76. The molecule has 0 aliphatic heterocycles. The van der Waals surface area contributed by atoms with Crippen molar-refractivity contribution in [3.63, 3.8) is 0 Å². The lowest BCUT2D eigenvalue weighted by Gasteiger charge is -2.00. The van der Waals surface area contributed by atoms with Crippen LogP contribution in [0.4, 0.5) is 8.78 Å². The molecule has 1 aromatic carbocycles. The standard InChI is InChI=1S/C10H4BrF2NO3/c11-5-2-1-4(8(12)9(5)13)7-3-6(10(15)16)14-17-7/h1-3H,(H,15,16). The molecule has 0 bridgehead atoms. The van der Waals surface area contributed by atoms with Crippen molar-refractivity contribution in [2.24, 2.45) is 0 Å². The summed E-state index contributed by atoms with van der Waals surface area (Å²) in [6, 6.07) is 3.57. The van der Waals surface area contributed by atoms with Gasteiger partial charge in [0.05, 0.1) is 10.0 Å². The predicted octanol–water partition coefficient (Wildman–Crippen LogP) is 3.08. The van der Waals surface area contributed by atoms with Gasteiger partial charge < -0.3 is 9.63 Å². The molecule has 0 saturated heterocycles. The van der Waals surface area contributed by atoms with Gasteiger partial charge in [0, 0.05) is 6.07 Å². The van der Waals surface area contributed by atoms with Crippen LogP contribution in [-0.4, -0.2) is 16.2 Å². The summed E-state index contributed by atoms with van der Waals surface area (Å²) in [5, 5.41) is 11.8. The first-order valence-corrected chi connectivity index (χ1v) is 5.14. The molecule has 2 aromatic rings. The predicted molar refractivity (Wildman–Crippen MR) is 56.5 cm³/mol. The number of hydrogen-bond acceptors (Lipinski definition) is 3. The van der Waals surface area contributed by atoms with Crippen molar-refractivity contribution in [3.05, 3.63) is 40.0 Å². The van der Waals surface area contributed by atoms with E-state index in [1.807, 2.05) is 0 Å². The van der Waals surface area contributed by atoms with E-state index in [4.69, 9.17) is 5.11 Å². The molecule has 2 rings (SSSR count). The van der Waals surface area contributed by atoms with Gasteiger partial charge in [-0.15, -0.1) is 0 Å². The monoisotopic (exact) mass is 303 g/mol. The summed E-state index contributed by atoms with van der Waals surface area (Å²) >= 11 is 2.83. The highest BCUT2D eigenvalue weighted by Gasteiger charge is 2.18. The van der Waals surface area contributed by atoms with Crippen molar-refractivity contribution in [1.29, 1.82) is 0 Å². The Morgan fingerprint density at radius 2 is 2.06 bits per heavy atom. The Morgan fingerprint density at radius 1 is 1.35 bits per heavy atom. The Morgan fingerprint density at radius 3 is 2.65 bits per heavy atom. The van der Waals surface area contributed by atoms with E-state index in [2.05, 4.69) is 25.6 Å². The molecule has 1 aromatic heterocycles. The fraction of sp³-hybridized carbons (Fsp3) is 0. The minimum Gasteiger partial charge on any atom is -0.476 e. The van der Waals surface area contributed by atoms with Crippen molar-refractivity contribution in [3.8, 4) is 11.3 Å². The third kappa shape index (κ3) is 2.05. The maximum absolute atomic E-state index is 13.5. The molecule has 0 fully saturated rings. The van der Waals surface area contributed by atoms with E-state index in [9.17, 15) is 13.6 Å². The Labute approximate surface area is 102 Å². The van der Waals surface area contributed by atoms with E-state index in [1.165, 1.54) is 12.1 Å². The fourth-order valence-corrected chi connectivity index (χ4v) is 1.53. The quantitative estimate of drug-likeness (QED) is 0.866. The summed E-state index contributed by atoms with van der Waals surface area (Å²) in [7, 11) is 0.